The number of aliphatic hydroxyl groups excluding tert-OH is 1. The molecule has 1 aliphatic heterocycles. The van der Waals surface area contributed by atoms with E-state index in [9.17, 15) is 10.2 Å². The molecule has 1 aliphatic rings. The molecule has 1 unspecified atom stereocenters. The summed E-state index contributed by atoms with van der Waals surface area (Å²) < 4.78 is 20.1. The molecule has 32 heavy (non-hydrogen) atoms. The number of fused-ring (bicyclic) bond motifs is 2. The van der Waals surface area contributed by atoms with Gasteiger partial charge in [0.25, 0.3) is 0 Å². The van der Waals surface area contributed by atoms with Gasteiger partial charge in [-0.15, -0.1) is 0 Å². The number of hydrogen-bond donors (Lipinski definition) is 3. The number of phenols is 1. The van der Waals surface area contributed by atoms with Crippen molar-refractivity contribution in [3.8, 4) is 16.9 Å². The fraction of sp³-hybridized carbons (Fsp3) is 0.208. The van der Waals surface area contributed by atoms with Crippen LogP contribution < -0.4 is 10.2 Å². The van der Waals surface area contributed by atoms with Crippen LogP contribution in [-0.4, -0.2) is 39.4 Å². The lowest BCUT2D eigenvalue weighted by atomic mass is 9.91. The van der Waals surface area contributed by atoms with Crippen LogP contribution in [0.5, 0.6) is 5.75 Å². The first kappa shape index (κ1) is 21.2. The minimum Gasteiger partial charge on any atom is -0.508 e. The summed E-state index contributed by atoms with van der Waals surface area (Å²) in [5.74, 6) is -0.462. The number of halogens is 2. The Morgan fingerprint density at radius 3 is 2.78 bits per heavy atom. The fourth-order valence-electron chi connectivity index (χ4n) is 4.42. The van der Waals surface area contributed by atoms with Gasteiger partial charge in [-0.1, -0.05) is 42.4 Å². The number of nitrogens with zero attached hydrogens (tertiary/aromatic N) is 2. The molecule has 0 bridgehead atoms. The molecule has 0 radical (unpaired) electrons. The highest BCUT2D eigenvalue weighted by Gasteiger charge is 2.41. The monoisotopic (exact) mass is 469 g/mol. The molecule has 3 N–H and O–H groups in total. The summed E-state index contributed by atoms with van der Waals surface area (Å²) >= 11 is 7.84. The Balaban J connectivity index is 1.57. The molecule has 1 atom stereocenters. The SMILES string of the molecule is C=CC(O)NC1(C)CN(c2snc3c(F)c(-c4cc(O)cc5ccccc45)c(Cl)cc23)C1. The van der Waals surface area contributed by atoms with Crippen molar-refractivity contribution >= 4 is 49.8 Å². The highest BCUT2D eigenvalue weighted by molar-refractivity contribution is 7.11. The summed E-state index contributed by atoms with van der Waals surface area (Å²) in [5, 5.41) is 26.5. The van der Waals surface area contributed by atoms with Gasteiger partial charge in [-0.2, -0.15) is 4.37 Å². The zero-order valence-electron chi connectivity index (χ0n) is 17.3. The van der Waals surface area contributed by atoms with E-state index in [1.807, 2.05) is 31.2 Å². The summed E-state index contributed by atoms with van der Waals surface area (Å²) in [5.41, 5.74) is 0.725. The smallest absolute Gasteiger partial charge is 0.159 e. The zero-order valence-corrected chi connectivity index (χ0v) is 18.8. The normalized spacial score (nSPS) is 16.3. The number of phenolic OH excluding ortho intramolecular Hbond substituents is 1. The van der Waals surface area contributed by atoms with E-state index in [-0.39, 0.29) is 27.4 Å². The van der Waals surface area contributed by atoms with E-state index in [1.54, 1.807) is 12.1 Å². The van der Waals surface area contributed by atoms with Gasteiger partial charge in [0.1, 0.15) is 22.5 Å². The third kappa shape index (κ3) is 3.42. The van der Waals surface area contributed by atoms with Crippen LogP contribution in [0.2, 0.25) is 5.02 Å². The lowest BCUT2D eigenvalue weighted by Gasteiger charge is -2.49. The molecule has 2 heterocycles. The van der Waals surface area contributed by atoms with Crippen molar-refractivity contribution in [3.05, 3.63) is 66.0 Å². The average Bonchev–Trinajstić information content (AvgIpc) is 3.15. The predicted octanol–water partition coefficient (Wildman–Crippen LogP) is 5.29. The average molecular weight is 470 g/mol. The third-order valence-electron chi connectivity index (χ3n) is 5.85. The van der Waals surface area contributed by atoms with Crippen molar-refractivity contribution in [1.29, 1.82) is 0 Å². The molecule has 0 spiro atoms. The number of aromatic hydroxyl groups is 1. The van der Waals surface area contributed by atoms with Gasteiger partial charge >= 0.3 is 0 Å². The van der Waals surface area contributed by atoms with E-state index in [0.717, 1.165) is 15.8 Å². The molecule has 3 aromatic carbocycles. The van der Waals surface area contributed by atoms with Crippen molar-refractivity contribution in [2.75, 3.05) is 18.0 Å². The number of aromatic nitrogens is 1. The van der Waals surface area contributed by atoms with Crippen molar-refractivity contribution in [2.45, 2.75) is 18.7 Å². The van der Waals surface area contributed by atoms with E-state index in [2.05, 4.69) is 21.2 Å². The second kappa shape index (κ2) is 7.71. The Hall–Kier alpha value is -2.71. The topological polar surface area (TPSA) is 68.6 Å². The second-order valence-corrected chi connectivity index (χ2v) is 9.55. The molecule has 164 valence electrons. The molecule has 8 heteroatoms. The van der Waals surface area contributed by atoms with Crippen LogP contribution in [0.1, 0.15) is 6.92 Å². The molecule has 0 saturated carbocycles. The Bertz CT molecular complexity index is 1370. The van der Waals surface area contributed by atoms with E-state index < -0.39 is 12.0 Å². The van der Waals surface area contributed by atoms with Gasteiger partial charge < -0.3 is 15.1 Å². The Kier molecular flexibility index (Phi) is 5.09. The van der Waals surface area contributed by atoms with Crippen LogP contribution in [-0.2, 0) is 0 Å². The number of aliphatic hydroxyl groups is 1. The Morgan fingerprint density at radius 1 is 1.28 bits per heavy atom. The summed E-state index contributed by atoms with van der Waals surface area (Å²) in [4.78, 5) is 2.09. The maximum absolute atomic E-state index is 15.7. The lowest BCUT2D eigenvalue weighted by Crippen LogP contribution is -2.69. The van der Waals surface area contributed by atoms with Crippen LogP contribution in [0.15, 0.2) is 55.1 Å². The van der Waals surface area contributed by atoms with Crippen LogP contribution in [0.4, 0.5) is 9.39 Å². The van der Waals surface area contributed by atoms with E-state index in [0.29, 0.717) is 24.0 Å². The van der Waals surface area contributed by atoms with Gasteiger partial charge in [0.05, 0.1) is 10.6 Å². The fourth-order valence-corrected chi connectivity index (χ4v) is 5.57. The van der Waals surface area contributed by atoms with Crippen LogP contribution in [0.25, 0.3) is 32.8 Å². The highest BCUT2D eigenvalue weighted by atomic mass is 35.5. The van der Waals surface area contributed by atoms with Crippen LogP contribution in [0, 0.1) is 5.82 Å². The molecular weight excluding hydrogens is 449 g/mol. The number of hydrogen-bond acceptors (Lipinski definition) is 6. The molecular formula is C24H21ClFN3O2S. The van der Waals surface area contributed by atoms with Crippen molar-refractivity contribution in [1.82, 2.24) is 9.69 Å². The van der Waals surface area contributed by atoms with Gasteiger partial charge in [-0.05, 0) is 59.1 Å². The Morgan fingerprint density at radius 2 is 2.03 bits per heavy atom. The molecule has 1 saturated heterocycles. The molecule has 0 aliphatic carbocycles. The van der Waals surface area contributed by atoms with Crippen molar-refractivity contribution < 1.29 is 14.6 Å². The summed E-state index contributed by atoms with van der Waals surface area (Å²) in [6, 6.07) is 12.4. The third-order valence-corrected chi connectivity index (χ3v) is 7.07. The van der Waals surface area contributed by atoms with Crippen LogP contribution >= 0.6 is 23.1 Å². The van der Waals surface area contributed by atoms with Crippen molar-refractivity contribution in [3.63, 3.8) is 0 Å². The molecule has 1 fully saturated rings. The van der Waals surface area contributed by atoms with Gasteiger partial charge in [-0.25, -0.2) is 4.39 Å². The lowest BCUT2D eigenvalue weighted by molar-refractivity contribution is 0.121. The standard InChI is InChI=1S/C24H21ClFN3O2S/c1-3-19(31)27-24(2)11-29(12-24)23-17-10-18(25)20(21(26)22(17)28-32-23)16-9-14(30)8-13-6-4-5-7-15(13)16/h3-10,19,27,30-31H,1,11-12H2,2H3. The number of nitrogens with one attached hydrogen (secondary N) is 1. The molecule has 4 aromatic rings. The summed E-state index contributed by atoms with van der Waals surface area (Å²) in [7, 11) is 0. The minimum absolute atomic E-state index is 0.0438. The first-order valence-electron chi connectivity index (χ1n) is 10.1. The summed E-state index contributed by atoms with van der Waals surface area (Å²) in [6.07, 6.45) is 0.657. The first-order chi connectivity index (χ1) is 15.3. The van der Waals surface area contributed by atoms with E-state index in [1.165, 1.54) is 23.7 Å². The Labute approximate surface area is 193 Å². The minimum atomic E-state index is -0.785. The molecule has 0 amide bonds. The predicted molar refractivity (Wildman–Crippen MR) is 129 cm³/mol. The van der Waals surface area contributed by atoms with Gasteiger partial charge in [-0.3, -0.25) is 5.32 Å². The number of anilines is 1. The van der Waals surface area contributed by atoms with Crippen LogP contribution in [0.3, 0.4) is 0 Å². The molecule has 5 nitrogen and oxygen atoms in total. The number of rotatable bonds is 5. The molecule has 5 rings (SSSR count). The quantitative estimate of drug-likeness (QED) is 0.274. The molecule has 1 aromatic heterocycles. The largest absolute Gasteiger partial charge is 0.508 e. The zero-order chi connectivity index (χ0) is 22.6. The van der Waals surface area contributed by atoms with Gasteiger partial charge in [0.15, 0.2) is 5.82 Å². The second-order valence-electron chi connectivity index (χ2n) is 8.39. The maximum atomic E-state index is 15.7. The highest BCUT2D eigenvalue weighted by Crippen LogP contribution is 2.45. The van der Waals surface area contributed by atoms with E-state index in [4.69, 9.17) is 11.6 Å². The first-order valence-corrected chi connectivity index (χ1v) is 11.3. The van der Waals surface area contributed by atoms with E-state index >= 15 is 4.39 Å². The summed E-state index contributed by atoms with van der Waals surface area (Å²) in [6.45, 7) is 6.86. The number of benzene rings is 3. The maximum Gasteiger partial charge on any atom is 0.159 e. The van der Waals surface area contributed by atoms with Gasteiger partial charge in [0.2, 0.25) is 0 Å². The van der Waals surface area contributed by atoms with Crippen molar-refractivity contribution in [2.24, 2.45) is 0 Å². The van der Waals surface area contributed by atoms with Gasteiger partial charge in [0, 0.05) is 24.0 Å².